The normalized spacial score (nSPS) is 14.2. The number of aromatic nitrogens is 3. The minimum atomic E-state index is -0.472. The first-order chi connectivity index (χ1) is 9.16. The zero-order valence-corrected chi connectivity index (χ0v) is 11.4. The predicted molar refractivity (Wildman–Crippen MR) is 71.5 cm³/mol. The van der Waals surface area contributed by atoms with Crippen LogP contribution in [0.3, 0.4) is 0 Å². The molecule has 0 atom stereocenters. The minimum absolute atomic E-state index is 0.224. The lowest BCUT2D eigenvalue weighted by atomic mass is 10.1. The van der Waals surface area contributed by atoms with Gasteiger partial charge in [-0.25, -0.2) is 14.3 Å². The Bertz CT molecular complexity index is 733. The van der Waals surface area contributed by atoms with Crippen molar-refractivity contribution >= 4 is 15.9 Å². The number of fused-ring (bicyclic) bond motifs is 1. The molecule has 0 saturated carbocycles. The summed E-state index contributed by atoms with van der Waals surface area (Å²) >= 11 is 3.26. The van der Waals surface area contributed by atoms with Gasteiger partial charge in [0.05, 0.1) is 18.8 Å². The molecule has 0 aromatic carbocycles. The molecule has 3 rings (SSSR count). The van der Waals surface area contributed by atoms with Crippen LogP contribution in [0.15, 0.2) is 32.4 Å². The van der Waals surface area contributed by atoms with Crippen LogP contribution in [0.25, 0.3) is 5.82 Å². The summed E-state index contributed by atoms with van der Waals surface area (Å²) < 4.78 is 7.07. The highest BCUT2D eigenvalue weighted by atomic mass is 79.9. The molecular formula is C12H10BrN3O3. The highest BCUT2D eigenvalue weighted by Crippen LogP contribution is 2.11. The van der Waals surface area contributed by atoms with Crippen molar-refractivity contribution in [2.24, 2.45) is 0 Å². The van der Waals surface area contributed by atoms with Gasteiger partial charge in [-0.1, -0.05) is 0 Å². The van der Waals surface area contributed by atoms with Crippen molar-refractivity contribution in [1.29, 1.82) is 0 Å². The Balaban J connectivity index is 2.24. The third-order valence-corrected chi connectivity index (χ3v) is 3.44. The van der Waals surface area contributed by atoms with Crippen molar-refractivity contribution < 1.29 is 4.74 Å². The van der Waals surface area contributed by atoms with Crippen LogP contribution in [0.2, 0.25) is 0 Å². The fraction of sp³-hybridized carbons (Fsp3) is 0.250. The van der Waals surface area contributed by atoms with Crippen molar-refractivity contribution in [1.82, 2.24) is 14.5 Å². The number of aromatic amines is 1. The van der Waals surface area contributed by atoms with Crippen LogP contribution >= 0.6 is 15.9 Å². The fourth-order valence-electron chi connectivity index (χ4n) is 2.04. The number of rotatable bonds is 1. The Morgan fingerprint density at radius 3 is 2.95 bits per heavy atom. The summed E-state index contributed by atoms with van der Waals surface area (Å²) in [6, 6.07) is 3.33. The Labute approximate surface area is 116 Å². The number of ether oxygens (including phenoxy) is 1. The van der Waals surface area contributed by atoms with Gasteiger partial charge in [-0.3, -0.25) is 4.79 Å². The molecule has 0 radical (unpaired) electrons. The van der Waals surface area contributed by atoms with Crippen molar-refractivity contribution in [3.8, 4) is 5.82 Å². The Morgan fingerprint density at radius 1 is 1.37 bits per heavy atom. The van der Waals surface area contributed by atoms with Gasteiger partial charge in [0.15, 0.2) is 0 Å². The predicted octanol–water partition coefficient (Wildman–Crippen LogP) is 0.756. The molecule has 0 amide bonds. The molecule has 0 spiro atoms. The van der Waals surface area contributed by atoms with Gasteiger partial charge in [-0.05, 0) is 28.1 Å². The van der Waals surface area contributed by atoms with E-state index in [1.807, 2.05) is 0 Å². The molecule has 2 aromatic rings. The number of nitrogens with zero attached hydrogens (tertiary/aromatic N) is 2. The van der Waals surface area contributed by atoms with Crippen LogP contribution in [-0.2, 0) is 17.8 Å². The smallest absolute Gasteiger partial charge is 0.334 e. The summed E-state index contributed by atoms with van der Waals surface area (Å²) in [6.45, 7) is 0.740. The van der Waals surface area contributed by atoms with E-state index in [1.54, 1.807) is 12.1 Å². The largest absolute Gasteiger partial charge is 0.376 e. The lowest BCUT2D eigenvalue weighted by Gasteiger charge is -2.16. The van der Waals surface area contributed by atoms with Gasteiger partial charge < -0.3 is 9.72 Å². The zero-order chi connectivity index (χ0) is 13.4. The summed E-state index contributed by atoms with van der Waals surface area (Å²) in [5, 5.41) is 0. The van der Waals surface area contributed by atoms with Gasteiger partial charge >= 0.3 is 5.69 Å². The number of H-pyrrole nitrogens is 1. The van der Waals surface area contributed by atoms with Crippen LogP contribution in [-0.4, -0.2) is 21.1 Å². The van der Waals surface area contributed by atoms with Crippen LogP contribution in [0.4, 0.5) is 0 Å². The third-order valence-electron chi connectivity index (χ3n) is 2.97. The van der Waals surface area contributed by atoms with Gasteiger partial charge in [0, 0.05) is 22.8 Å². The van der Waals surface area contributed by atoms with Gasteiger partial charge in [-0.15, -0.1) is 0 Å². The molecule has 1 N–H and O–H groups in total. The van der Waals surface area contributed by atoms with E-state index < -0.39 is 5.69 Å². The van der Waals surface area contributed by atoms with E-state index in [-0.39, 0.29) is 12.2 Å². The fourth-order valence-corrected chi connectivity index (χ4v) is 2.27. The molecule has 0 unspecified atom stereocenters. The Hall–Kier alpha value is -1.73. The molecule has 0 saturated heterocycles. The summed E-state index contributed by atoms with van der Waals surface area (Å²) in [4.78, 5) is 31.1. The molecule has 6 nitrogen and oxygen atoms in total. The molecular weight excluding hydrogens is 314 g/mol. The minimum Gasteiger partial charge on any atom is -0.376 e. The van der Waals surface area contributed by atoms with E-state index in [4.69, 9.17) is 4.74 Å². The molecule has 19 heavy (non-hydrogen) atoms. The maximum atomic E-state index is 12.3. The van der Waals surface area contributed by atoms with E-state index in [2.05, 4.69) is 25.9 Å². The molecule has 98 valence electrons. The second-order valence-electron chi connectivity index (χ2n) is 4.17. The SMILES string of the molecule is O=c1[nH]c2c(c(=O)n1-c1ccc(Br)cn1)COCC2. The maximum Gasteiger partial charge on any atom is 0.334 e. The zero-order valence-electron chi connectivity index (χ0n) is 9.85. The lowest BCUT2D eigenvalue weighted by Crippen LogP contribution is -2.39. The molecule has 7 heteroatoms. The Morgan fingerprint density at radius 2 is 2.21 bits per heavy atom. The monoisotopic (exact) mass is 323 g/mol. The topological polar surface area (TPSA) is 77.0 Å². The average Bonchev–Trinajstić information content (AvgIpc) is 2.41. The molecule has 0 fully saturated rings. The number of pyridine rings is 1. The summed E-state index contributed by atoms with van der Waals surface area (Å²) in [5.74, 6) is 0.294. The number of nitrogens with one attached hydrogen (secondary N) is 1. The third kappa shape index (κ3) is 2.15. The summed E-state index contributed by atoms with van der Waals surface area (Å²) in [5.41, 5.74) is 0.318. The lowest BCUT2D eigenvalue weighted by molar-refractivity contribution is 0.107. The second kappa shape index (κ2) is 4.75. The second-order valence-corrected chi connectivity index (χ2v) is 5.08. The highest BCUT2D eigenvalue weighted by molar-refractivity contribution is 9.10. The first-order valence-corrected chi connectivity index (χ1v) is 6.53. The number of hydrogen-bond acceptors (Lipinski definition) is 4. The van der Waals surface area contributed by atoms with Crippen LogP contribution < -0.4 is 11.2 Å². The standard InChI is InChI=1S/C12H10BrN3O3/c13-7-1-2-10(14-5-7)16-11(17)8-6-19-4-3-9(8)15-12(16)18/h1-2,5H,3-4,6H2,(H,15,18). The average molecular weight is 324 g/mol. The van der Waals surface area contributed by atoms with Gasteiger partial charge in [0.2, 0.25) is 0 Å². The van der Waals surface area contributed by atoms with E-state index in [0.717, 1.165) is 9.04 Å². The van der Waals surface area contributed by atoms with E-state index in [9.17, 15) is 9.59 Å². The van der Waals surface area contributed by atoms with E-state index in [0.29, 0.717) is 30.1 Å². The quantitative estimate of drug-likeness (QED) is 0.840. The summed E-state index contributed by atoms with van der Waals surface area (Å²) in [7, 11) is 0. The molecule has 1 aliphatic heterocycles. The van der Waals surface area contributed by atoms with Crippen molar-refractivity contribution in [3.63, 3.8) is 0 Å². The number of halogens is 1. The van der Waals surface area contributed by atoms with Crippen molar-refractivity contribution in [2.45, 2.75) is 13.0 Å². The Kier molecular flexibility index (Phi) is 3.08. The van der Waals surface area contributed by atoms with Crippen molar-refractivity contribution in [2.75, 3.05) is 6.61 Å². The van der Waals surface area contributed by atoms with E-state index in [1.165, 1.54) is 6.20 Å². The van der Waals surface area contributed by atoms with Crippen LogP contribution in [0.5, 0.6) is 0 Å². The first kappa shape index (κ1) is 12.3. The molecule has 0 bridgehead atoms. The van der Waals surface area contributed by atoms with Gasteiger partial charge in [-0.2, -0.15) is 0 Å². The van der Waals surface area contributed by atoms with Gasteiger partial charge in [0.25, 0.3) is 5.56 Å². The number of hydrogen-bond donors (Lipinski definition) is 1. The molecule has 0 aliphatic carbocycles. The van der Waals surface area contributed by atoms with Crippen LogP contribution in [0, 0.1) is 0 Å². The summed E-state index contributed by atoms with van der Waals surface area (Å²) in [6.07, 6.45) is 2.09. The maximum absolute atomic E-state index is 12.3. The van der Waals surface area contributed by atoms with Gasteiger partial charge in [0.1, 0.15) is 5.82 Å². The van der Waals surface area contributed by atoms with E-state index >= 15 is 0 Å². The molecule has 3 heterocycles. The first-order valence-electron chi connectivity index (χ1n) is 5.73. The highest BCUT2D eigenvalue weighted by Gasteiger charge is 2.18. The molecule has 2 aromatic heterocycles. The van der Waals surface area contributed by atoms with Crippen LogP contribution in [0.1, 0.15) is 11.3 Å². The molecule has 1 aliphatic rings. The van der Waals surface area contributed by atoms with Crippen molar-refractivity contribution in [3.05, 3.63) is 54.9 Å².